The summed E-state index contributed by atoms with van der Waals surface area (Å²) in [5, 5.41) is 6.53. The van der Waals surface area contributed by atoms with Crippen molar-refractivity contribution in [2.75, 3.05) is 24.7 Å². The molecule has 8 heteroatoms. The molecule has 180 valence electrons. The standard InChI is InChI=1S/C27H28N4O3S/c1-35(33,34)31-15-12-20(13-16-31)19-7-9-23(10-8-19)29-27-26-22(11-14-28-25(26)18-32)17-24(30-27)21-5-3-2-4-6-21/h2-11,14,17-18,20,25,28H,12-13,15-16H2,1H3,(H,29,30). The highest BCUT2D eigenvalue weighted by atomic mass is 32.2. The largest absolute Gasteiger partial charge is 0.378 e. The van der Waals surface area contributed by atoms with Gasteiger partial charge in [-0.15, -0.1) is 0 Å². The number of benzene rings is 2. The fourth-order valence-corrected chi connectivity index (χ4v) is 5.69. The van der Waals surface area contributed by atoms with E-state index in [4.69, 9.17) is 4.98 Å². The number of nitrogens with one attached hydrogen (secondary N) is 2. The van der Waals surface area contributed by atoms with Gasteiger partial charge < -0.3 is 15.4 Å². The van der Waals surface area contributed by atoms with E-state index in [1.165, 1.54) is 11.8 Å². The van der Waals surface area contributed by atoms with Crippen LogP contribution in [0.2, 0.25) is 0 Å². The summed E-state index contributed by atoms with van der Waals surface area (Å²) in [7, 11) is -3.13. The van der Waals surface area contributed by atoms with Crippen LogP contribution < -0.4 is 10.6 Å². The van der Waals surface area contributed by atoms with Crippen molar-refractivity contribution < 1.29 is 13.2 Å². The molecule has 0 bridgehead atoms. The number of hydrogen-bond acceptors (Lipinski definition) is 6. The van der Waals surface area contributed by atoms with E-state index in [0.717, 1.165) is 47.2 Å². The third-order valence-electron chi connectivity index (χ3n) is 6.71. The topological polar surface area (TPSA) is 91.4 Å². The molecule has 2 aliphatic rings. The van der Waals surface area contributed by atoms with Gasteiger partial charge in [-0.1, -0.05) is 42.5 Å². The Morgan fingerprint density at radius 3 is 2.43 bits per heavy atom. The first-order valence-corrected chi connectivity index (χ1v) is 13.6. The number of hydrogen-bond donors (Lipinski definition) is 2. The van der Waals surface area contributed by atoms with Gasteiger partial charge in [0.2, 0.25) is 10.0 Å². The van der Waals surface area contributed by atoms with Crippen LogP contribution in [0.15, 0.2) is 66.9 Å². The van der Waals surface area contributed by atoms with Crippen LogP contribution in [-0.2, 0) is 14.8 Å². The average molecular weight is 489 g/mol. The van der Waals surface area contributed by atoms with E-state index in [9.17, 15) is 13.2 Å². The summed E-state index contributed by atoms with van der Waals surface area (Å²) in [6, 6.07) is 19.7. The highest BCUT2D eigenvalue weighted by Gasteiger charge is 2.26. The van der Waals surface area contributed by atoms with Gasteiger partial charge in [0.05, 0.1) is 11.9 Å². The van der Waals surface area contributed by atoms with E-state index in [0.29, 0.717) is 24.8 Å². The third kappa shape index (κ3) is 4.99. The molecule has 3 heterocycles. The summed E-state index contributed by atoms with van der Waals surface area (Å²) in [6.07, 6.45) is 7.54. The van der Waals surface area contributed by atoms with Gasteiger partial charge in [0.25, 0.3) is 0 Å². The highest BCUT2D eigenvalue weighted by Crippen LogP contribution is 2.35. The molecular formula is C27H28N4O3S. The molecule has 5 rings (SSSR count). The Kier molecular flexibility index (Phi) is 6.40. The molecule has 0 amide bonds. The molecular weight excluding hydrogens is 460 g/mol. The Labute approximate surface area is 205 Å². The summed E-state index contributed by atoms with van der Waals surface area (Å²) in [4.78, 5) is 16.7. The molecule has 2 aromatic carbocycles. The monoisotopic (exact) mass is 488 g/mol. The fraction of sp³-hybridized carbons (Fsp3) is 0.259. The van der Waals surface area contributed by atoms with Crippen LogP contribution in [-0.4, -0.2) is 43.3 Å². The Hall–Kier alpha value is -3.49. The summed E-state index contributed by atoms with van der Waals surface area (Å²) in [5.74, 6) is 0.979. The summed E-state index contributed by atoms with van der Waals surface area (Å²) < 4.78 is 25.1. The molecule has 2 aliphatic heterocycles. The lowest BCUT2D eigenvalue weighted by atomic mass is 9.90. The number of carbonyl (C=O) groups excluding carboxylic acids is 1. The number of fused-ring (bicyclic) bond motifs is 1. The van der Waals surface area contributed by atoms with Gasteiger partial charge in [0, 0.05) is 29.9 Å². The summed E-state index contributed by atoms with van der Waals surface area (Å²) in [5.41, 5.74) is 5.68. The number of carbonyl (C=O) groups is 1. The lowest BCUT2D eigenvalue weighted by Gasteiger charge is -2.30. The molecule has 7 nitrogen and oxygen atoms in total. The number of nitrogens with zero attached hydrogens (tertiary/aromatic N) is 2. The van der Waals surface area contributed by atoms with Gasteiger partial charge in [-0.3, -0.25) is 0 Å². The van der Waals surface area contributed by atoms with E-state index in [2.05, 4.69) is 22.8 Å². The smallest absolute Gasteiger partial charge is 0.211 e. The molecule has 0 radical (unpaired) electrons. The fourth-order valence-electron chi connectivity index (χ4n) is 4.82. The van der Waals surface area contributed by atoms with E-state index >= 15 is 0 Å². The molecule has 1 saturated heterocycles. The Balaban J connectivity index is 1.41. The van der Waals surface area contributed by atoms with Gasteiger partial charge in [-0.25, -0.2) is 17.7 Å². The van der Waals surface area contributed by atoms with E-state index in [1.54, 1.807) is 10.5 Å². The maximum Gasteiger partial charge on any atom is 0.211 e. The first kappa shape index (κ1) is 23.3. The van der Waals surface area contributed by atoms with Gasteiger partial charge in [-0.05, 0) is 60.4 Å². The maximum atomic E-state index is 11.8. The van der Waals surface area contributed by atoms with Crippen molar-refractivity contribution in [3.05, 3.63) is 83.6 Å². The van der Waals surface area contributed by atoms with Gasteiger partial charge in [0.1, 0.15) is 18.1 Å². The predicted octanol–water partition coefficient (Wildman–Crippen LogP) is 4.45. The van der Waals surface area contributed by atoms with Gasteiger partial charge >= 0.3 is 0 Å². The van der Waals surface area contributed by atoms with Crippen LogP contribution in [0.5, 0.6) is 0 Å². The Morgan fingerprint density at radius 1 is 1.06 bits per heavy atom. The van der Waals surface area contributed by atoms with E-state index in [-0.39, 0.29) is 0 Å². The zero-order valence-corrected chi connectivity index (χ0v) is 20.3. The van der Waals surface area contributed by atoms with Crippen molar-refractivity contribution in [2.24, 2.45) is 0 Å². The van der Waals surface area contributed by atoms with Crippen molar-refractivity contribution in [1.82, 2.24) is 14.6 Å². The zero-order valence-electron chi connectivity index (χ0n) is 19.5. The highest BCUT2D eigenvalue weighted by molar-refractivity contribution is 7.88. The van der Waals surface area contributed by atoms with Crippen LogP contribution in [0, 0.1) is 0 Å². The molecule has 2 N–H and O–H groups in total. The SMILES string of the molecule is CS(=O)(=O)N1CCC(c2ccc(Nc3nc(-c4ccccc4)cc4c3C(C=O)NC=C4)cc2)CC1. The van der Waals surface area contributed by atoms with Crippen LogP contribution in [0.3, 0.4) is 0 Å². The minimum Gasteiger partial charge on any atom is -0.378 e. The Morgan fingerprint density at radius 2 is 1.77 bits per heavy atom. The number of piperidine rings is 1. The van der Waals surface area contributed by atoms with Crippen LogP contribution in [0.4, 0.5) is 11.5 Å². The third-order valence-corrected chi connectivity index (χ3v) is 8.02. The van der Waals surface area contributed by atoms with Gasteiger partial charge in [-0.2, -0.15) is 0 Å². The molecule has 0 spiro atoms. The minimum absolute atomic E-state index is 0.336. The van der Waals surface area contributed by atoms with Gasteiger partial charge in [0.15, 0.2) is 0 Å². The van der Waals surface area contributed by atoms with Crippen molar-refractivity contribution in [3.8, 4) is 11.3 Å². The molecule has 1 atom stereocenters. The normalized spacial score (nSPS) is 18.5. The van der Waals surface area contributed by atoms with Crippen LogP contribution in [0.25, 0.3) is 17.3 Å². The maximum absolute atomic E-state index is 11.8. The molecule has 1 aromatic heterocycles. The second kappa shape index (κ2) is 9.64. The number of pyridine rings is 1. The minimum atomic E-state index is -3.13. The first-order chi connectivity index (χ1) is 16.9. The molecule has 3 aromatic rings. The number of anilines is 2. The Bertz CT molecular complexity index is 1350. The van der Waals surface area contributed by atoms with E-state index in [1.807, 2.05) is 54.6 Å². The number of aldehydes is 1. The quantitative estimate of drug-likeness (QED) is 0.499. The molecule has 0 aliphatic carbocycles. The lowest BCUT2D eigenvalue weighted by molar-refractivity contribution is -0.109. The molecule has 0 saturated carbocycles. The lowest BCUT2D eigenvalue weighted by Crippen LogP contribution is -2.37. The van der Waals surface area contributed by atoms with Crippen molar-refractivity contribution >= 4 is 33.9 Å². The second-order valence-corrected chi connectivity index (χ2v) is 11.0. The molecule has 35 heavy (non-hydrogen) atoms. The van der Waals surface area contributed by atoms with Crippen LogP contribution >= 0.6 is 0 Å². The average Bonchev–Trinajstić information content (AvgIpc) is 2.88. The number of rotatable bonds is 6. The van der Waals surface area contributed by atoms with Crippen molar-refractivity contribution in [1.29, 1.82) is 0 Å². The van der Waals surface area contributed by atoms with Crippen molar-refractivity contribution in [2.45, 2.75) is 24.8 Å². The van der Waals surface area contributed by atoms with E-state index < -0.39 is 16.1 Å². The van der Waals surface area contributed by atoms with Crippen molar-refractivity contribution in [3.63, 3.8) is 0 Å². The van der Waals surface area contributed by atoms with Crippen LogP contribution in [0.1, 0.15) is 41.5 Å². The predicted molar refractivity (Wildman–Crippen MR) is 139 cm³/mol. The second-order valence-electron chi connectivity index (χ2n) is 9.02. The molecule has 1 unspecified atom stereocenters. The molecule has 1 fully saturated rings. The summed E-state index contributed by atoms with van der Waals surface area (Å²) >= 11 is 0. The zero-order chi connectivity index (χ0) is 24.4. The first-order valence-electron chi connectivity index (χ1n) is 11.7. The number of sulfonamides is 1. The summed E-state index contributed by atoms with van der Waals surface area (Å²) in [6.45, 7) is 1.11. The number of aromatic nitrogens is 1.